The molecule has 0 spiro atoms. The lowest BCUT2D eigenvalue weighted by atomic mass is 10.0. The number of benzene rings is 1. The van der Waals surface area contributed by atoms with Crippen LogP contribution in [0.1, 0.15) is 60.3 Å². The minimum absolute atomic E-state index is 0.0476. The van der Waals surface area contributed by atoms with Crippen LogP contribution in [-0.2, 0) is 4.79 Å². The highest BCUT2D eigenvalue weighted by atomic mass is 16.2. The van der Waals surface area contributed by atoms with Gasteiger partial charge < -0.3 is 5.32 Å². The summed E-state index contributed by atoms with van der Waals surface area (Å²) in [5, 5.41) is 3.06. The summed E-state index contributed by atoms with van der Waals surface area (Å²) in [6.07, 6.45) is 5.65. The standard InChI is InChI=1S/C24H30N4O2/c1-17-7-5-9-19(15-17)28-21(23-20(24(28)30)10-6-11-26-23)16-22(29)25-12-14-27-13-4-3-8-18(27)2/h5-7,9-11,15,18,21H,3-4,8,12-14,16H2,1-2H3,(H,25,29)/t18-,21-/m0/s1. The smallest absolute Gasteiger partial charge is 0.260 e. The Labute approximate surface area is 178 Å². The fraction of sp³-hybridized carbons (Fsp3) is 0.458. The number of nitrogens with zero attached hydrogens (tertiary/aromatic N) is 3. The predicted molar refractivity (Wildman–Crippen MR) is 117 cm³/mol. The molecule has 1 N–H and O–H groups in total. The second-order valence-electron chi connectivity index (χ2n) is 8.40. The van der Waals surface area contributed by atoms with E-state index in [1.54, 1.807) is 23.2 Å². The third-order valence-electron chi connectivity index (χ3n) is 6.24. The van der Waals surface area contributed by atoms with Gasteiger partial charge in [-0.3, -0.25) is 24.4 Å². The van der Waals surface area contributed by atoms with Crippen LogP contribution in [0.25, 0.3) is 0 Å². The fourth-order valence-corrected chi connectivity index (χ4v) is 4.60. The van der Waals surface area contributed by atoms with E-state index in [2.05, 4.69) is 22.1 Å². The van der Waals surface area contributed by atoms with E-state index in [0.29, 0.717) is 23.8 Å². The second kappa shape index (κ2) is 8.96. The number of aryl methyl sites for hydroxylation is 1. The van der Waals surface area contributed by atoms with Crippen molar-refractivity contribution in [1.29, 1.82) is 0 Å². The van der Waals surface area contributed by atoms with Gasteiger partial charge in [0.25, 0.3) is 5.91 Å². The first-order valence-electron chi connectivity index (χ1n) is 10.9. The van der Waals surface area contributed by atoms with Crippen molar-refractivity contribution in [2.45, 2.75) is 51.6 Å². The van der Waals surface area contributed by atoms with Crippen LogP contribution in [-0.4, -0.2) is 47.4 Å². The number of pyridine rings is 1. The number of piperidine rings is 1. The number of hydrogen-bond donors (Lipinski definition) is 1. The summed E-state index contributed by atoms with van der Waals surface area (Å²) >= 11 is 0. The lowest BCUT2D eigenvalue weighted by Crippen LogP contribution is -2.43. The van der Waals surface area contributed by atoms with Crippen LogP contribution in [0.2, 0.25) is 0 Å². The zero-order valence-corrected chi connectivity index (χ0v) is 17.8. The molecule has 0 radical (unpaired) electrons. The maximum atomic E-state index is 13.1. The Kier molecular flexibility index (Phi) is 6.13. The Morgan fingerprint density at radius 2 is 2.10 bits per heavy atom. The van der Waals surface area contributed by atoms with Crippen LogP contribution < -0.4 is 10.2 Å². The van der Waals surface area contributed by atoms with Crippen molar-refractivity contribution in [3.8, 4) is 0 Å². The van der Waals surface area contributed by atoms with Crippen molar-refractivity contribution >= 4 is 17.5 Å². The Morgan fingerprint density at radius 3 is 2.90 bits per heavy atom. The van der Waals surface area contributed by atoms with Crippen LogP contribution in [0, 0.1) is 6.92 Å². The first-order chi connectivity index (χ1) is 14.5. The molecule has 1 fully saturated rings. The molecule has 0 bridgehead atoms. The largest absolute Gasteiger partial charge is 0.355 e. The van der Waals surface area contributed by atoms with E-state index in [9.17, 15) is 9.59 Å². The SMILES string of the molecule is Cc1cccc(N2C(=O)c3cccnc3[C@@H]2CC(=O)NCCN2CCCC[C@@H]2C)c1. The number of carbonyl (C=O) groups excluding carboxylic acids is 2. The van der Waals surface area contributed by atoms with Gasteiger partial charge in [0.1, 0.15) is 0 Å². The molecule has 0 saturated carbocycles. The predicted octanol–water partition coefficient (Wildman–Crippen LogP) is 3.47. The highest BCUT2D eigenvalue weighted by molar-refractivity contribution is 6.11. The van der Waals surface area contributed by atoms with Gasteiger partial charge in [0.15, 0.2) is 0 Å². The number of hydrogen-bond acceptors (Lipinski definition) is 4. The third kappa shape index (κ3) is 4.24. The molecular formula is C24H30N4O2. The van der Waals surface area contributed by atoms with E-state index < -0.39 is 0 Å². The van der Waals surface area contributed by atoms with Gasteiger partial charge in [-0.1, -0.05) is 18.6 Å². The minimum atomic E-state index is -0.385. The first-order valence-corrected chi connectivity index (χ1v) is 10.9. The van der Waals surface area contributed by atoms with E-state index in [0.717, 1.165) is 24.3 Å². The molecule has 3 heterocycles. The second-order valence-corrected chi connectivity index (χ2v) is 8.40. The summed E-state index contributed by atoms with van der Waals surface area (Å²) in [5.74, 6) is -0.141. The Bertz CT molecular complexity index is 929. The quantitative estimate of drug-likeness (QED) is 0.798. The molecule has 2 aromatic rings. The average molecular weight is 407 g/mol. The number of aromatic nitrogens is 1. The minimum Gasteiger partial charge on any atom is -0.355 e. The number of anilines is 1. The fourth-order valence-electron chi connectivity index (χ4n) is 4.60. The highest BCUT2D eigenvalue weighted by Crippen LogP contribution is 2.38. The van der Waals surface area contributed by atoms with Crippen molar-refractivity contribution in [3.05, 3.63) is 59.4 Å². The summed E-state index contributed by atoms with van der Waals surface area (Å²) in [7, 11) is 0. The van der Waals surface area contributed by atoms with Gasteiger partial charge in [-0.15, -0.1) is 0 Å². The monoisotopic (exact) mass is 406 g/mol. The van der Waals surface area contributed by atoms with Gasteiger partial charge in [-0.05, 0) is 63.1 Å². The van der Waals surface area contributed by atoms with Crippen LogP contribution >= 0.6 is 0 Å². The summed E-state index contributed by atoms with van der Waals surface area (Å²) in [4.78, 5) is 34.5. The van der Waals surface area contributed by atoms with E-state index in [-0.39, 0.29) is 24.3 Å². The molecule has 2 amide bonds. The van der Waals surface area contributed by atoms with Crippen molar-refractivity contribution < 1.29 is 9.59 Å². The molecule has 1 aromatic carbocycles. The summed E-state index contributed by atoms with van der Waals surface area (Å²) in [6.45, 7) is 6.86. The lowest BCUT2D eigenvalue weighted by Gasteiger charge is -2.33. The molecule has 2 atom stereocenters. The number of carbonyl (C=O) groups is 2. The normalized spacial score (nSPS) is 21.5. The van der Waals surface area contributed by atoms with Crippen LogP contribution in [0.4, 0.5) is 5.69 Å². The first kappa shape index (κ1) is 20.5. The molecule has 1 saturated heterocycles. The molecule has 1 aromatic heterocycles. The molecule has 2 aliphatic rings. The van der Waals surface area contributed by atoms with Gasteiger partial charge in [0, 0.05) is 31.0 Å². The van der Waals surface area contributed by atoms with Gasteiger partial charge in [0.05, 0.1) is 23.7 Å². The number of likely N-dealkylation sites (tertiary alicyclic amines) is 1. The molecule has 0 unspecified atom stereocenters. The van der Waals surface area contributed by atoms with Crippen molar-refractivity contribution in [2.75, 3.05) is 24.5 Å². The van der Waals surface area contributed by atoms with E-state index in [4.69, 9.17) is 0 Å². The van der Waals surface area contributed by atoms with Crippen LogP contribution in [0.5, 0.6) is 0 Å². The lowest BCUT2D eigenvalue weighted by molar-refractivity contribution is -0.121. The molecule has 30 heavy (non-hydrogen) atoms. The van der Waals surface area contributed by atoms with E-state index in [1.807, 2.05) is 31.2 Å². The van der Waals surface area contributed by atoms with E-state index in [1.165, 1.54) is 19.3 Å². The van der Waals surface area contributed by atoms with Crippen molar-refractivity contribution in [1.82, 2.24) is 15.2 Å². The Morgan fingerprint density at radius 1 is 1.23 bits per heavy atom. The molecular weight excluding hydrogens is 376 g/mol. The van der Waals surface area contributed by atoms with Gasteiger partial charge >= 0.3 is 0 Å². The zero-order valence-electron chi connectivity index (χ0n) is 17.8. The molecule has 2 aliphatic heterocycles. The van der Waals surface area contributed by atoms with Crippen molar-refractivity contribution in [3.63, 3.8) is 0 Å². The molecule has 6 heteroatoms. The Balaban J connectivity index is 1.46. The summed E-state index contributed by atoms with van der Waals surface area (Å²) in [5.41, 5.74) is 3.14. The number of fused-ring (bicyclic) bond motifs is 1. The summed E-state index contributed by atoms with van der Waals surface area (Å²) in [6, 6.07) is 11.6. The van der Waals surface area contributed by atoms with Gasteiger partial charge in [-0.2, -0.15) is 0 Å². The zero-order chi connectivity index (χ0) is 21.1. The molecule has 158 valence electrons. The average Bonchev–Trinajstić information content (AvgIpc) is 3.01. The van der Waals surface area contributed by atoms with Gasteiger partial charge in [-0.25, -0.2) is 0 Å². The van der Waals surface area contributed by atoms with Crippen LogP contribution in [0.3, 0.4) is 0 Å². The number of nitrogens with one attached hydrogen (secondary N) is 1. The number of amides is 2. The molecule has 6 nitrogen and oxygen atoms in total. The Hall–Kier alpha value is -2.73. The van der Waals surface area contributed by atoms with Gasteiger partial charge in [0.2, 0.25) is 5.91 Å². The highest BCUT2D eigenvalue weighted by Gasteiger charge is 2.39. The maximum absolute atomic E-state index is 13.1. The molecule has 0 aliphatic carbocycles. The number of rotatable bonds is 6. The molecule has 4 rings (SSSR count). The summed E-state index contributed by atoms with van der Waals surface area (Å²) < 4.78 is 0. The van der Waals surface area contributed by atoms with Crippen LogP contribution in [0.15, 0.2) is 42.6 Å². The third-order valence-corrected chi connectivity index (χ3v) is 6.24. The van der Waals surface area contributed by atoms with E-state index >= 15 is 0 Å². The van der Waals surface area contributed by atoms with Crippen molar-refractivity contribution in [2.24, 2.45) is 0 Å². The topological polar surface area (TPSA) is 65.5 Å². The maximum Gasteiger partial charge on any atom is 0.260 e.